The highest BCUT2D eigenvalue weighted by atomic mass is 19.3. The van der Waals surface area contributed by atoms with E-state index in [1.54, 1.807) is 31.8 Å². The van der Waals surface area contributed by atoms with Crippen LogP contribution in [0.5, 0.6) is 0 Å². The number of methoxy groups -OCH3 is 1. The van der Waals surface area contributed by atoms with Crippen molar-refractivity contribution < 1.29 is 13.5 Å². The van der Waals surface area contributed by atoms with Crippen molar-refractivity contribution in [3.05, 3.63) is 42.6 Å². The number of hydrogen-bond acceptors (Lipinski definition) is 5. The molecule has 140 valence electrons. The Bertz CT molecular complexity index is 1090. The Morgan fingerprint density at radius 1 is 1.26 bits per heavy atom. The predicted octanol–water partition coefficient (Wildman–Crippen LogP) is 3.66. The number of anilines is 1. The molecule has 0 aliphatic rings. The van der Waals surface area contributed by atoms with E-state index in [4.69, 9.17) is 4.74 Å². The Morgan fingerprint density at radius 2 is 2.11 bits per heavy atom. The van der Waals surface area contributed by atoms with Crippen LogP contribution in [0.25, 0.3) is 27.8 Å². The predicted molar refractivity (Wildman–Crippen MR) is 98.0 cm³/mol. The molecule has 0 saturated heterocycles. The number of rotatable bonds is 6. The molecule has 4 heterocycles. The van der Waals surface area contributed by atoms with Crippen LogP contribution in [0.15, 0.2) is 36.9 Å². The van der Waals surface area contributed by atoms with Crippen molar-refractivity contribution in [3.63, 3.8) is 0 Å². The lowest BCUT2D eigenvalue weighted by atomic mass is 10.1. The molecule has 4 aromatic heterocycles. The molecule has 7 nitrogen and oxygen atoms in total. The molecule has 27 heavy (non-hydrogen) atoms. The van der Waals surface area contributed by atoms with Crippen molar-refractivity contribution in [1.29, 1.82) is 0 Å². The van der Waals surface area contributed by atoms with E-state index in [1.165, 1.54) is 10.6 Å². The highest BCUT2D eigenvalue weighted by molar-refractivity contribution is 5.93. The minimum absolute atomic E-state index is 0.0679. The monoisotopic (exact) mass is 372 g/mol. The van der Waals surface area contributed by atoms with Crippen LogP contribution >= 0.6 is 0 Å². The lowest BCUT2D eigenvalue weighted by molar-refractivity contribution is 0.145. The third kappa shape index (κ3) is 3.21. The van der Waals surface area contributed by atoms with Crippen LogP contribution in [-0.2, 0) is 4.74 Å². The van der Waals surface area contributed by atoms with Crippen LogP contribution in [0.3, 0.4) is 0 Å². The number of nitrogens with one attached hydrogen (secondary N) is 2. The quantitative estimate of drug-likeness (QED) is 0.540. The van der Waals surface area contributed by atoms with E-state index >= 15 is 0 Å². The molecule has 0 spiro atoms. The molecule has 4 rings (SSSR count). The maximum atomic E-state index is 13.2. The maximum Gasteiger partial charge on any atom is 0.280 e. The summed E-state index contributed by atoms with van der Waals surface area (Å²) in [4.78, 5) is 15.9. The number of alkyl halides is 2. The van der Waals surface area contributed by atoms with E-state index in [-0.39, 0.29) is 11.7 Å². The fraction of sp³-hybridized carbons (Fsp3) is 0.278. The van der Waals surface area contributed by atoms with Gasteiger partial charge in [0.1, 0.15) is 17.0 Å². The van der Waals surface area contributed by atoms with Gasteiger partial charge >= 0.3 is 0 Å². The summed E-state index contributed by atoms with van der Waals surface area (Å²) in [5.74, 6) is 0.491. The second-order valence-electron chi connectivity index (χ2n) is 6.29. The summed E-state index contributed by atoms with van der Waals surface area (Å²) in [6.07, 6.45) is 3.76. The maximum absolute atomic E-state index is 13.2. The first-order valence-electron chi connectivity index (χ1n) is 8.42. The Morgan fingerprint density at radius 3 is 2.89 bits per heavy atom. The highest BCUT2D eigenvalue weighted by Crippen LogP contribution is 2.29. The van der Waals surface area contributed by atoms with Gasteiger partial charge in [-0.15, -0.1) is 0 Å². The molecule has 0 bridgehead atoms. The molecule has 0 aliphatic carbocycles. The lowest BCUT2D eigenvalue weighted by Gasteiger charge is -2.12. The summed E-state index contributed by atoms with van der Waals surface area (Å²) >= 11 is 0. The third-order valence-corrected chi connectivity index (χ3v) is 4.29. The van der Waals surface area contributed by atoms with Crippen molar-refractivity contribution in [1.82, 2.24) is 24.3 Å². The molecule has 9 heteroatoms. The Kier molecular flexibility index (Phi) is 4.44. The van der Waals surface area contributed by atoms with E-state index in [2.05, 4.69) is 25.3 Å². The molecule has 0 aliphatic heterocycles. The third-order valence-electron chi connectivity index (χ3n) is 4.29. The first-order chi connectivity index (χ1) is 13.1. The number of pyridine rings is 1. The summed E-state index contributed by atoms with van der Waals surface area (Å²) in [5.41, 5.74) is 2.60. The lowest BCUT2D eigenvalue weighted by Crippen LogP contribution is -2.22. The highest BCUT2D eigenvalue weighted by Gasteiger charge is 2.15. The molecule has 4 aromatic rings. The molecular weight excluding hydrogens is 354 g/mol. The molecule has 0 saturated carbocycles. The largest absolute Gasteiger partial charge is 0.383 e. The number of ether oxygens (including phenoxy) is 1. The molecule has 0 aromatic carbocycles. The molecular formula is C18H18F2N6O. The van der Waals surface area contributed by atoms with Crippen molar-refractivity contribution in [2.75, 3.05) is 19.0 Å². The number of aromatic amines is 1. The molecule has 2 N–H and O–H groups in total. The number of H-pyrrole nitrogens is 1. The second-order valence-corrected chi connectivity index (χ2v) is 6.29. The van der Waals surface area contributed by atoms with E-state index in [9.17, 15) is 8.78 Å². The van der Waals surface area contributed by atoms with Gasteiger partial charge in [-0.3, -0.25) is 4.40 Å². The number of imidazole rings is 1. The standard InChI is InChI=1S/C18H18F2N6O/c1-10(9-27-2)24-18-23-6-13-12(5-22-17(13)25-18)11-3-4-15-21-7-14(16(19)20)26(15)8-11/h3-8,10,16H,9H2,1-2H3,(H2,22,23,24,25). The number of halogens is 2. The second kappa shape index (κ2) is 6.92. The zero-order valence-corrected chi connectivity index (χ0v) is 14.8. The van der Waals surface area contributed by atoms with Crippen molar-refractivity contribution in [2.45, 2.75) is 19.4 Å². The average Bonchev–Trinajstić information content (AvgIpc) is 3.24. The fourth-order valence-electron chi connectivity index (χ4n) is 3.05. The van der Waals surface area contributed by atoms with Crippen LogP contribution in [0.4, 0.5) is 14.7 Å². The fourth-order valence-corrected chi connectivity index (χ4v) is 3.05. The van der Waals surface area contributed by atoms with Gasteiger partial charge in [0.25, 0.3) is 6.43 Å². The smallest absolute Gasteiger partial charge is 0.280 e. The molecule has 0 radical (unpaired) electrons. The zero-order chi connectivity index (χ0) is 19.0. The molecule has 0 amide bonds. The van der Waals surface area contributed by atoms with E-state index in [1.807, 2.05) is 13.0 Å². The van der Waals surface area contributed by atoms with E-state index in [0.29, 0.717) is 23.8 Å². The van der Waals surface area contributed by atoms with Gasteiger partial charge in [-0.1, -0.05) is 0 Å². The van der Waals surface area contributed by atoms with Gasteiger partial charge in [0.15, 0.2) is 0 Å². The molecule has 1 atom stereocenters. The number of fused-ring (bicyclic) bond motifs is 2. The van der Waals surface area contributed by atoms with Gasteiger partial charge in [-0.05, 0) is 19.1 Å². The minimum atomic E-state index is -2.59. The number of aromatic nitrogens is 5. The van der Waals surface area contributed by atoms with Crippen LogP contribution in [0, 0.1) is 0 Å². The zero-order valence-electron chi connectivity index (χ0n) is 14.8. The number of nitrogens with zero attached hydrogens (tertiary/aromatic N) is 4. The normalized spacial score (nSPS) is 12.9. The van der Waals surface area contributed by atoms with Crippen LogP contribution < -0.4 is 5.32 Å². The van der Waals surface area contributed by atoms with Gasteiger partial charge in [0.05, 0.1) is 12.8 Å². The Balaban J connectivity index is 1.72. The van der Waals surface area contributed by atoms with Crippen molar-refractivity contribution >= 4 is 22.6 Å². The van der Waals surface area contributed by atoms with E-state index < -0.39 is 6.43 Å². The van der Waals surface area contributed by atoms with Crippen LogP contribution in [0.1, 0.15) is 19.0 Å². The van der Waals surface area contributed by atoms with Crippen molar-refractivity contribution in [3.8, 4) is 11.1 Å². The average molecular weight is 372 g/mol. The van der Waals surface area contributed by atoms with Gasteiger partial charge in [-0.2, -0.15) is 4.98 Å². The Hall–Kier alpha value is -3.07. The first-order valence-corrected chi connectivity index (χ1v) is 8.42. The summed E-state index contributed by atoms with van der Waals surface area (Å²) in [6, 6.07) is 3.62. The SMILES string of the molecule is COCC(C)Nc1ncc2c(-c3ccc4ncc(C(F)F)n4c3)c[nH]c2n1. The molecule has 1 unspecified atom stereocenters. The van der Waals surface area contributed by atoms with Crippen LogP contribution in [-0.4, -0.2) is 44.1 Å². The van der Waals surface area contributed by atoms with Crippen LogP contribution in [0.2, 0.25) is 0 Å². The summed E-state index contributed by atoms with van der Waals surface area (Å²) in [6.45, 7) is 2.51. The Labute approximate surface area is 153 Å². The van der Waals surface area contributed by atoms with Gasteiger partial charge in [0, 0.05) is 48.3 Å². The first kappa shape index (κ1) is 17.3. The summed E-state index contributed by atoms with van der Waals surface area (Å²) < 4.78 is 32.8. The minimum Gasteiger partial charge on any atom is -0.383 e. The molecule has 0 fully saturated rings. The van der Waals surface area contributed by atoms with Gasteiger partial charge in [0.2, 0.25) is 5.95 Å². The van der Waals surface area contributed by atoms with E-state index in [0.717, 1.165) is 16.5 Å². The van der Waals surface area contributed by atoms with Crippen molar-refractivity contribution in [2.24, 2.45) is 0 Å². The number of hydrogen-bond donors (Lipinski definition) is 2. The summed E-state index contributed by atoms with van der Waals surface area (Å²) in [7, 11) is 1.63. The van der Waals surface area contributed by atoms with Gasteiger partial charge in [-0.25, -0.2) is 18.7 Å². The summed E-state index contributed by atoms with van der Waals surface area (Å²) in [5, 5.41) is 3.97. The topological polar surface area (TPSA) is 80.1 Å². The van der Waals surface area contributed by atoms with Gasteiger partial charge < -0.3 is 15.0 Å².